The van der Waals surface area contributed by atoms with Crippen molar-refractivity contribution >= 4 is 8.03 Å². The largest absolute Gasteiger partial charge is 0.508 e. The maximum absolute atomic E-state index is 11.5. The van der Waals surface area contributed by atoms with E-state index in [9.17, 15) is 4.57 Å². The predicted molar refractivity (Wildman–Crippen MR) is 71.6 cm³/mol. The predicted octanol–water partition coefficient (Wildman–Crippen LogP) is 3.03. The van der Waals surface area contributed by atoms with Gasteiger partial charge in [0.15, 0.2) is 6.16 Å². The van der Waals surface area contributed by atoms with Crippen molar-refractivity contribution < 1.29 is 18.6 Å². The van der Waals surface area contributed by atoms with Gasteiger partial charge in [0.1, 0.15) is 12.4 Å². The lowest BCUT2D eigenvalue weighted by atomic mass is 10.1. The normalized spacial score (nSPS) is 11.3. The molecule has 0 aliphatic carbocycles. The zero-order valence-corrected chi connectivity index (χ0v) is 11.8. The van der Waals surface area contributed by atoms with E-state index in [4.69, 9.17) is 14.0 Å². The fourth-order valence-corrected chi connectivity index (χ4v) is 2.35. The summed E-state index contributed by atoms with van der Waals surface area (Å²) in [4.78, 5) is 0. The van der Waals surface area contributed by atoms with Gasteiger partial charge in [0.2, 0.25) is 0 Å². The molecule has 1 rings (SSSR count). The van der Waals surface area contributed by atoms with E-state index in [0.29, 0.717) is 32.4 Å². The highest BCUT2D eigenvalue weighted by Gasteiger charge is 2.17. The molecule has 18 heavy (non-hydrogen) atoms. The Bertz CT molecular complexity index is 368. The van der Waals surface area contributed by atoms with Gasteiger partial charge in [-0.1, -0.05) is 18.2 Å². The molecule has 0 aliphatic rings. The summed E-state index contributed by atoms with van der Waals surface area (Å²) in [6, 6.07) is 7.77. The first kappa shape index (κ1) is 15.1. The lowest BCUT2D eigenvalue weighted by Crippen LogP contribution is -2.06. The Labute approximate surface area is 109 Å². The highest BCUT2D eigenvalue weighted by atomic mass is 31.1. The van der Waals surface area contributed by atoms with Gasteiger partial charge in [-0.05, 0) is 23.1 Å². The maximum Gasteiger partial charge on any atom is 0.508 e. The first-order chi connectivity index (χ1) is 8.77. The molecule has 100 valence electrons. The van der Waals surface area contributed by atoms with Crippen molar-refractivity contribution in [3.63, 3.8) is 0 Å². The van der Waals surface area contributed by atoms with Crippen molar-refractivity contribution in [2.75, 3.05) is 33.1 Å². The van der Waals surface area contributed by atoms with E-state index in [-0.39, 0.29) is 0 Å². The summed E-state index contributed by atoms with van der Waals surface area (Å²) in [5.41, 5.74) is 1.05. The van der Waals surface area contributed by atoms with Crippen LogP contribution in [-0.4, -0.2) is 33.1 Å². The summed E-state index contributed by atoms with van der Waals surface area (Å²) in [5.74, 6) is 0.828. The van der Waals surface area contributed by atoms with Crippen molar-refractivity contribution in [2.45, 2.75) is 13.3 Å². The molecule has 0 radical (unpaired) electrons. The molecule has 5 heteroatoms. The van der Waals surface area contributed by atoms with E-state index < -0.39 is 8.03 Å². The molecule has 0 heterocycles. The molecule has 1 unspecified atom stereocenters. The molecule has 0 fully saturated rings. The van der Waals surface area contributed by atoms with Crippen LogP contribution in [0.25, 0.3) is 0 Å². The lowest BCUT2D eigenvalue weighted by Gasteiger charge is -2.09. The van der Waals surface area contributed by atoms with Gasteiger partial charge in [0.25, 0.3) is 0 Å². The number of aryl methyl sites for hydroxylation is 1. The third-order valence-electron chi connectivity index (χ3n) is 2.35. The Hall–Kier alpha value is -0.960. The summed E-state index contributed by atoms with van der Waals surface area (Å²) in [6.07, 6.45) is 1.21. The Morgan fingerprint density at radius 1 is 1.22 bits per heavy atom. The third-order valence-corrected chi connectivity index (χ3v) is 3.49. The minimum atomic E-state index is -1.56. The Morgan fingerprint density at radius 2 is 2.00 bits per heavy atom. The number of ether oxygens (including phenoxy) is 2. The van der Waals surface area contributed by atoms with Crippen LogP contribution < -0.4 is 4.74 Å². The van der Waals surface area contributed by atoms with Gasteiger partial charge in [-0.2, -0.15) is 0 Å². The zero-order chi connectivity index (χ0) is 13.2. The van der Waals surface area contributed by atoms with Crippen LogP contribution >= 0.6 is 8.03 Å². The monoisotopic (exact) mass is 271 g/mol. The smallest absolute Gasteiger partial charge is 0.491 e. The Balaban J connectivity index is 2.50. The summed E-state index contributed by atoms with van der Waals surface area (Å²) < 4.78 is 27.1. The molecule has 0 aliphatic heterocycles. The Morgan fingerprint density at radius 3 is 2.72 bits per heavy atom. The van der Waals surface area contributed by atoms with Crippen LogP contribution in [0.4, 0.5) is 0 Å². The van der Waals surface area contributed by atoms with E-state index in [1.807, 2.05) is 31.2 Å². The molecule has 4 nitrogen and oxygen atoms in total. The highest BCUT2D eigenvalue weighted by molar-refractivity contribution is 7.39. The lowest BCUT2D eigenvalue weighted by molar-refractivity contribution is 0.146. The second-order valence-corrected chi connectivity index (χ2v) is 5.04. The van der Waals surface area contributed by atoms with Gasteiger partial charge < -0.3 is 9.47 Å². The molecule has 0 N–H and O–H groups in total. The van der Waals surface area contributed by atoms with Crippen molar-refractivity contribution in [1.82, 2.24) is 0 Å². The summed E-state index contributed by atoms with van der Waals surface area (Å²) in [6.45, 7) is 3.41. The summed E-state index contributed by atoms with van der Waals surface area (Å²) in [5, 5.41) is 0. The molecule has 0 saturated carbocycles. The minimum Gasteiger partial charge on any atom is -0.491 e. The number of hydrogen-bond donors (Lipinski definition) is 0. The first-order valence-corrected chi connectivity index (χ1v) is 7.41. The maximum atomic E-state index is 11.5. The molecule has 1 aromatic carbocycles. The first-order valence-electron chi connectivity index (χ1n) is 6.05. The number of benzene rings is 1. The van der Waals surface area contributed by atoms with Gasteiger partial charge >= 0.3 is 8.03 Å². The van der Waals surface area contributed by atoms with E-state index >= 15 is 0 Å². The van der Waals surface area contributed by atoms with Crippen molar-refractivity contribution in [1.29, 1.82) is 0 Å². The fraction of sp³-hybridized carbons (Fsp3) is 0.538. The van der Waals surface area contributed by atoms with E-state index in [2.05, 4.69) is 0 Å². The van der Waals surface area contributed by atoms with Gasteiger partial charge in [-0.15, -0.1) is 4.52 Å². The zero-order valence-electron chi connectivity index (χ0n) is 10.9. The van der Waals surface area contributed by atoms with Gasteiger partial charge in [-0.25, -0.2) is 0 Å². The van der Waals surface area contributed by atoms with Crippen molar-refractivity contribution in [2.24, 2.45) is 0 Å². The van der Waals surface area contributed by atoms with E-state index in [1.54, 1.807) is 7.11 Å². The van der Waals surface area contributed by atoms with Crippen LogP contribution in [0.2, 0.25) is 0 Å². The van der Waals surface area contributed by atoms with Crippen LogP contribution in [0, 0.1) is 0 Å². The summed E-state index contributed by atoms with van der Waals surface area (Å²) >= 11 is 0. The molecule has 1 aromatic rings. The molecule has 0 saturated heterocycles. The van der Waals surface area contributed by atoms with Crippen molar-refractivity contribution in [3.8, 4) is 5.75 Å². The number of methoxy groups -OCH3 is 1. The highest BCUT2D eigenvalue weighted by Crippen LogP contribution is 2.26. The van der Waals surface area contributed by atoms with E-state index in [1.165, 1.54) is 0 Å². The third kappa shape index (κ3) is 5.58. The van der Waals surface area contributed by atoms with Crippen LogP contribution in [0.15, 0.2) is 24.3 Å². The van der Waals surface area contributed by atoms with Crippen LogP contribution in [0.5, 0.6) is 5.75 Å². The second-order valence-electron chi connectivity index (χ2n) is 3.67. The van der Waals surface area contributed by atoms with Crippen LogP contribution in [0.3, 0.4) is 0 Å². The van der Waals surface area contributed by atoms with E-state index in [0.717, 1.165) is 11.3 Å². The molecular weight excluding hydrogens is 251 g/mol. The molecule has 0 amide bonds. The van der Waals surface area contributed by atoms with Gasteiger partial charge in [0, 0.05) is 13.5 Å². The topological polar surface area (TPSA) is 44.8 Å². The minimum absolute atomic E-state index is 0.487. The summed E-state index contributed by atoms with van der Waals surface area (Å²) in [7, 11) is 0.0779. The number of para-hydroxylation sites is 1. The quantitative estimate of drug-likeness (QED) is 0.511. The van der Waals surface area contributed by atoms with Crippen molar-refractivity contribution in [3.05, 3.63) is 29.8 Å². The van der Waals surface area contributed by atoms with Gasteiger partial charge in [-0.3, -0.25) is 0 Å². The van der Waals surface area contributed by atoms with Gasteiger partial charge in [0.05, 0.1) is 13.2 Å². The molecular formula is C13H20O4P+. The fourth-order valence-electron chi connectivity index (χ4n) is 1.51. The average molecular weight is 271 g/mol. The van der Waals surface area contributed by atoms with Crippen LogP contribution in [-0.2, 0) is 20.2 Å². The average Bonchev–Trinajstić information content (AvgIpc) is 2.38. The second kappa shape index (κ2) is 9.03. The molecule has 1 atom stereocenters. The molecule has 0 spiro atoms. The molecule has 0 bridgehead atoms. The Kier molecular flexibility index (Phi) is 7.58. The standard InChI is InChI=1S/C13H20O4P/c1-3-17-18(14)11-8-12-6-4-5-7-13(12)16-10-9-15-2/h4-7H,3,8-11H2,1-2H3/q+1. The molecule has 0 aromatic heterocycles. The number of rotatable bonds is 9. The SMILES string of the molecule is CCO[P+](=O)CCc1ccccc1OCCOC. The van der Waals surface area contributed by atoms with Crippen LogP contribution in [0.1, 0.15) is 12.5 Å². The number of hydrogen-bond acceptors (Lipinski definition) is 4.